The molecule has 0 aliphatic carbocycles. The van der Waals surface area contributed by atoms with Crippen LogP contribution in [-0.4, -0.2) is 35.1 Å². The number of nitrogens with zero attached hydrogens (tertiary/aromatic N) is 2. The zero-order valence-electron chi connectivity index (χ0n) is 13.7. The largest absolute Gasteiger partial charge is 0.361 e. The van der Waals surface area contributed by atoms with Crippen LogP contribution in [0.2, 0.25) is 0 Å². The summed E-state index contributed by atoms with van der Waals surface area (Å²) in [5.74, 6) is 0.504. The van der Waals surface area contributed by atoms with Gasteiger partial charge in [0.15, 0.2) is 0 Å². The molecule has 1 atom stereocenters. The van der Waals surface area contributed by atoms with Crippen molar-refractivity contribution < 1.29 is 9.32 Å². The Labute approximate surface area is 136 Å². The minimum atomic E-state index is -0.0761. The monoisotopic (exact) mass is 313 g/mol. The third kappa shape index (κ3) is 3.79. The van der Waals surface area contributed by atoms with Gasteiger partial charge in [0.2, 0.25) is 0 Å². The molecule has 1 aliphatic heterocycles. The lowest BCUT2D eigenvalue weighted by atomic mass is 10.0. The number of carbonyl (C=O) groups excluding carboxylic acids is 1. The Kier molecular flexibility index (Phi) is 4.76. The maximum atomic E-state index is 12.5. The highest BCUT2D eigenvalue weighted by atomic mass is 16.5. The fraction of sp³-hybridized carbons (Fsp3) is 0.444. The summed E-state index contributed by atoms with van der Waals surface area (Å²) in [4.78, 5) is 14.9. The SMILES string of the molecule is Cc1noc(C)c1C(=O)N[C@H]1CCCN(Cc2ccccc2)C1. The number of piperidine rings is 1. The Morgan fingerprint density at radius 2 is 2.13 bits per heavy atom. The molecule has 0 bridgehead atoms. The highest BCUT2D eigenvalue weighted by Gasteiger charge is 2.24. The average Bonchev–Trinajstić information content (AvgIpc) is 2.87. The molecular formula is C18H23N3O2. The lowest BCUT2D eigenvalue weighted by Crippen LogP contribution is -2.47. The molecule has 0 unspecified atom stereocenters. The summed E-state index contributed by atoms with van der Waals surface area (Å²) >= 11 is 0. The van der Waals surface area contributed by atoms with Gasteiger partial charge in [-0.05, 0) is 38.8 Å². The first-order valence-electron chi connectivity index (χ1n) is 8.13. The van der Waals surface area contributed by atoms with Crippen LogP contribution in [0.3, 0.4) is 0 Å². The smallest absolute Gasteiger partial charge is 0.257 e. The third-order valence-corrected chi connectivity index (χ3v) is 4.35. The van der Waals surface area contributed by atoms with Crippen LogP contribution in [0.4, 0.5) is 0 Å². The molecule has 1 aromatic carbocycles. The average molecular weight is 313 g/mol. The number of nitrogens with one attached hydrogen (secondary N) is 1. The number of likely N-dealkylation sites (tertiary alicyclic amines) is 1. The van der Waals surface area contributed by atoms with Crippen molar-refractivity contribution in [2.75, 3.05) is 13.1 Å². The molecule has 1 fully saturated rings. The Bertz CT molecular complexity index is 647. The Balaban J connectivity index is 1.59. The van der Waals surface area contributed by atoms with E-state index in [1.54, 1.807) is 13.8 Å². The van der Waals surface area contributed by atoms with Crippen molar-refractivity contribution in [3.63, 3.8) is 0 Å². The van der Waals surface area contributed by atoms with Crippen molar-refractivity contribution in [1.29, 1.82) is 0 Å². The third-order valence-electron chi connectivity index (χ3n) is 4.35. The van der Waals surface area contributed by atoms with Crippen LogP contribution in [0.5, 0.6) is 0 Å². The number of hydrogen-bond acceptors (Lipinski definition) is 4. The lowest BCUT2D eigenvalue weighted by molar-refractivity contribution is 0.0899. The first kappa shape index (κ1) is 15.7. The van der Waals surface area contributed by atoms with E-state index in [-0.39, 0.29) is 11.9 Å². The van der Waals surface area contributed by atoms with E-state index in [4.69, 9.17) is 4.52 Å². The summed E-state index contributed by atoms with van der Waals surface area (Å²) in [5, 5.41) is 6.99. The second-order valence-corrected chi connectivity index (χ2v) is 6.23. The van der Waals surface area contributed by atoms with Gasteiger partial charge >= 0.3 is 0 Å². The molecule has 2 aromatic rings. The minimum Gasteiger partial charge on any atom is -0.361 e. The zero-order valence-corrected chi connectivity index (χ0v) is 13.7. The number of amides is 1. The van der Waals surface area contributed by atoms with Crippen LogP contribution < -0.4 is 5.32 Å². The summed E-state index contributed by atoms with van der Waals surface area (Å²) in [6.45, 7) is 6.46. The van der Waals surface area contributed by atoms with E-state index in [0.29, 0.717) is 17.0 Å². The van der Waals surface area contributed by atoms with Crippen molar-refractivity contribution in [2.45, 2.75) is 39.3 Å². The van der Waals surface area contributed by atoms with Gasteiger partial charge < -0.3 is 9.84 Å². The first-order chi connectivity index (χ1) is 11.1. The van der Waals surface area contributed by atoms with Gasteiger partial charge in [-0.2, -0.15) is 0 Å². The van der Waals surface area contributed by atoms with Gasteiger partial charge in [0.25, 0.3) is 5.91 Å². The Morgan fingerprint density at radius 3 is 2.83 bits per heavy atom. The van der Waals surface area contributed by atoms with E-state index >= 15 is 0 Å². The second-order valence-electron chi connectivity index (χ2n) is 6.23. The van der Waals surface area contributed by atoms with Crippen LogP contribution in [-0.2, 0) is 6.54 Å². The summed E-state index contributed by atoms with van der Waals surface area (Å²) in [7, 11) is 0. The van der Waals surface area contributed by atoms with E-state index in [2.05, 4.69) is 39.6 Å². The van der Waals surface area contributed by atoms with E-state index < -0.39 is 0 Å². The van der Waals surface area contributed by atoms with Crippen molar-refractivity contribution in [1.82, 2.24) is 15.4 Å². The highest BCUT2D eigenvalue weighted by molar-refractivity contribution is 5.96. The molecule has 0 radical (unpaired) electrons. The first-order valence-corrected chi connectivity index (χ1v) is 8.13. The molecule has 1 saturated heterocycles. The molecule has 0 saturated carbocycles. The maximum Gasteiger partial charge on any atom is 0.257 e. The summed E-state index contributed by atoms with van der Waals surface area (Å²) in [5.41, 5.74) is 2.53. The number of rotatable bonds is 4. The predicted molar refractivity (Wildman–Crippen MR) is 88.2 cm³/mol. The molecule has 1 amide bonds. The molecule has 0 spiro atoms. The molecular weight excluding hydrogens is 290 g/mol. The lowest BCUT2D eigenvalue weighted by Gasteiger charge is -2.33. The molecule has 1 N–H and O–H groups in total. The predicted octanol–water partition coefficient (Wildman–Crippen LogP) is 2.69. The number of aromatic nitrogens is 1. The number of carbonyl (C=O) groups is 1. The molecule has 5 nitrogen and oxygen atoms in total. The number of benzene rings is 1. The minimum absolute atomic E-state index is 0.0761. The zero-order chi connectivity index (χ0) is 16.2. The molecule has 2 heterocycles. The fourth-order valence-electron chi connectivity index (χ4n) is 3.22. The molecule has 1 aliphatic rings. The Hall–Kier alpha value is -2.14. The summed E-state index contributed by atoms with van der Waals surface area (Å²) in [6, 6.07) is 10.6. The molecule has 1 aromatic heterocycles. The van der Waals surface area contributed by atoms with Crippen molar-refractivity contribution >= 4 is 5.91 Å². The van der Waals surface area contributed by atoms with Crippen molar-refractivity contribution in [3.8, 4) is 0 Å². The molecule has 23 heavy (non-hydrogen) atoms. The summed E-state index contributed by atoms with van der Waals surface area (Å²) < 4.78 is 5.08. The topological polar surface area (TPSA) is 58.4 Å². The Morgan fingerprint density at radius 1 is 1.35 bits per heavy atom. The van der Waals surface area contributed by atoms with Crippen LogP contribution in [0.25, 0.3) is 0 Å². The van der Waals surface area contributed by atoms with Gasteiger partial charge in [-0.15, -0.1) is 0 Å². The van der Waals surface area contributed by atoms with Gasteiger partial charge in [0.1, 0.15) is 11.3 Å². The number of aryl methyl sites for hydroxylation is 2. The summed E-state index contributed by atoms with van der Waals surface area (Å²) in [6.07, 6.45) is 2.11. The van der Waals surface area contributed by atoms with Crippen LogP contribution in [0, 0.1) is 13.8 Å². The van der Waals surface area contributed by atoms with Crippen molar-refractivity contribution in [2.24, 2.45) is 0 Å². The highest BCUT2D eigenvalue weighted by Crippen LogP contribution is 2.16. The van der Waals surface area contributed by atoms with E-state index in [0.717, 1.165) is 32.5 Å². The van der Waals surface area contributed by atoms with Crippen molar-refractivity contribution in [3.05, 3.63) is 52.9 Å². The van der Waals surface area contributed by atoms with Gasteiger partial charge in [0.05, 0.1) is 5.69 Å². The fourth-order valence-corrected chi connectivity index (χ4v) is 3.22. The standard InChI is InChI=1S/C18H23N3O2/c1-13-17(14(2)23-20-13)18(22)19-16-9-6-10-21(12-16)11-15-7-4-3-5-8-15/h3-5,7-8,16H,6,9-12H2,1-2H3,(H,19,22)/t16-/m0/s1. The van der Waals surface area contributed by atoms with Gasteiger partial charge in [-0.1, -0.05) is 35.5 Å². The normalized spacial score (nSPS) is 18.8. The van der Waals surface area contributed by atoms with Crippen LogP contribution in [0.15, 0.2) is 34.9 Å². The van der Waals surface area contributed by atoms with E-state index in [1.807, 2.05) is 6.07 Å². The van der Waals surface area contributed by atoms with Gasteiger partial charge in [-0.25, -0.2) is 0 Å². The molecule has 5 heteroatoms. The maximum absolute atomic E-state index is 12.5. The van der Waals surface area contributed by atoms with Crippen LogP contribution in [0.1, 0.15) is 40.2 Å². The number of hydrogen-bond donors (Lipinski definition) is 1. The van der Waals surface area contributed by atoms with E-state index in [9.17, 15) is 4.79 Å². The van der Waals surface area contributed by atoms with Crippen LogP contribution >= 0.6 is 0 Å². The quantitative estimate of drug-likeness (QED) is 0.943. The van der Waals surface area contributed by atoms with E-state index in [1.165, 1.54) is 5.56 Å². The molecule has 122 valence electrons. The molecule has 3 rings (SSSR count). The van der Waals surface area contributed by atoms with Gasteiger partial charge in [0, 0.05) is 19.1 Å². The van der Waals surface area contributed by atoms with Gasteiger partial charge in [-0.3, -0.25) is 9.69 Å². The second kappa shape index (κ2) is 6.96.